The number of aromatic nitrogens is 1. The van der Waals surface area contributed by atoms with E-state index in [1.807, 2.05) is 66.7 Å². The van der Waals surface area contributed by atoms with Gasteiger partial charge in [0.1, 0.15) is 0 Å². The van der Waals surface area contributed by atoms with Gasteiger partial charge in [0.25, 0.3) is 0 Å². The van der Waals surface area contributed by atoms with E-state index < -0.39 is 0 Å². The van der Waals surface area contributed by atoms with E-state index in [4.69, 9.17) is 16.6 Å². The smallest absolute Gasteiger partial charge is 0.160 e. The van der Waals surface area contributed by atoms with Crippen LogP contribution in [0.2, 0.25) is 5.02 Å². The van der Waals surface area contributed by atoms with Crippen LogP contribution in [0.5, 0.6) is 0 Å². The van der Waals surface area contributed by atoms with E-state index in [0.717, 1.165) is 33.3 Å². The largest absolute Gasteiger partial charge is 0.294 e. The Morgan fingerprint density at radius 3 is 2.27 bits per heavy atom. The summed E-state index contributed by atoms with van der Waals surface area (Å²) >= 11 is 6.01. The minimum atomic E-state index is 0.0258. The van der Waals surface area contributed by atoms with E-state index in [0.29, 0.717) is 10.6 Å². The van der Waals surface area contributed by atoms with Gasteiger partial charge in [0, 0.05) is 27.1 Å². The summed E-state index contributed by atoms with van der Waals surface area (Å²) in [5, 5.41) is 1.54. The Kier molecular flexibility index (Phi) is 4.27. The molecule has 0 bridgehead atoms. The van der Waals surface area contributed by atoms with Crippen LogP contribution < -0.4 is 0 Å². The van der Waals surface area contributed by atoms with Crippen molar-refractivity contribution in [2.24, 2.45) is 0 Å². The Morgan fingerprint density at radius 1 is 0.846 bits per heavy atom. The molecule has 1 heterocycles. The van der Waals surface area contributed by atoms with Crippen LogP contribution in [0, 0.1) is 0 Å². The van der Waals surface area contributed by atoms with E-state index >= 15 is 0 Å². The van der Waals surface area contributed by atoms with Gasteiger partial charge in [0.2, 0.25) is 0 Å². The maximum absolute atomic E-state index is 12.3. The van der Waals surface area contributed by atoms with Gasteiger partial charge in [-0.25, -0.2) is 4.98 Å². The molecule has 26 heavy (non-hydrogen) atoms. The third kappa shape index (κ3) is 3.00. The number of rotatable bonds is 3. The van der Waals surface area contributed by atoms with E-state index in [2.05, 4.69) is 12.1 Å². The van der Waals surface area contributed by atoms with Crippen LogP contribution >= 0.6 is 11.6 Å². The highest BCUT2D eigenvalue weighted by Crippen LogP contribution is 2.32. The number of hydrogen-bond acceptors (Lipinski definition) is 2. The maximum atomic E-state index is 12.3. The van der Waals surface area contributed by atoms with Crippen molar-refractivity contribution in [1.82, 2.24) is 4.98 Å². The summed E-state index contributed by atoms with van der Waals surface area (Å²) in [6.07, 6.45) is 0. The second-order valence-corrected chi connectivity index (χ2v) is 6.62. The van der Waals surface area contributed by atoms with Crippen molar-refractivity contribution < 1.29 is 4.79 Å². The van der Waals surface area contributed by atoms with Crippen LogP contribution in [-0.2, 0) is 0 Å². The van der Waals surface area contributed by atoms with Gasteiger partial charge in [-0.05, 0) is 30.7 Å². The Bertz CT molecular complexity index is 1100. The zero-order valence-corrected chi connectivity index (χ0v) is 15.0. The summed E-state index contributed by atoms with van der Waals surface area (Å²) in [7, 11) is 0. The number of hydrogen-bond donors (Lipinski definition) is 0. The first-order valence-corrected chi connectivity index (χ1v) is 8.77. The summed E-state index contributed by atoms with van der Waals surface area (Å²) in [4.78, 5) is 17.2. The molecule has 3 aromatic carbocycles. The molecule has 0 aliphatic heterocycles. The second-order valence-electron chi connectivity index (χ2n) is 6.19. The number of Topliss-reactive ketones (excluding diaryl/α,β-unsaturated/α-hetero) is 1. The van der Waals surface area contributed by atoms with Gasteiger partial charge in [-0.15, -0.1) is 0 Å². The molecule has 126 valence electrons. The lowest BCUT2D eigenvalue weighted by atomic mass is 9.96. The SMILES string of the molecule is CC(=O)c1cc(-c2ccc(Cl)cc2)nc2c(-c3ccccc3)cccc12. The first-order valence-electron chi connectivity index (χ1n) is 8.39. The molecule has 0 spiro atoms. The number of benzene rings is 3. The molecule has 0 amide bonds. The molecular weight excluding hydrogens is 342 g/mol. The van der Waals surface area contributed by atoms with Crippen LogP contribution in [-0.4, -0.2) is 10.8 Å². The highest BCUT2D eigenvalue weighted by molar-refractivity contribution is 6.30. The molecule has 0 fully saturated rings. The number of fused-ring (bicyclic) bond motifs is 1. The summed E-state index contributed by atoms with van der Waals surface area (Å²) in [6.45, 7) is 1.59. The molecule has 2 nitrogen and oxygen atoms in total. The number of carbonyl (C=O) groups is 1. The minimum absolute atomic E-state index is 0.0258. The van der Waals surface area contributed by atoms with E-state index in [1.165, 1.54) is 0 Å². The van der Waals surface area contributed by atoms with Crippen molar-refractivity contribution in [3.63, 3.8) is 0 Å². The first-order chi connectivity index (χ1) is 12.6. The number of pyridine rings is 1. The van der Waals surface area contributed by atoms with Crippen LogP contribution in [0.3, 0.4) is 0 Å². The summed E-state index contributed by atoms with van der Waals surface area (Å²) in [5.41, 5.74) is 5.30. The van der Waals surface area contributed by atoms with Crippen molar-refractivity contribution in [3.8, 4) is 22.4 Å². The zero-order valence-electron chi connectivity index (χ0n) is 14.2. The van der Waals surface area contributed by atoms with Gasteiger partial charge in [-0.2, -0.15) is 0 Å². The van der Waals surface area contributed by atoms with E-state index in [9.17, 15) is 4.79 Å². The maximum Gasteiger partial charge on any atom is 0.160 e. The number of para-hydroxylation sites is 1. The minimum Gasteiger partial charge on any atom is -0.294 e. The highest BCUT2D eigenvalue weighted by atomic mass is 35.5. The second kappa shape index (κ2) is 6.74. The summed E-state index contributed by atoms with van der Waals surface area (Å²) < 4.78 is 0. The Balaban J connectivity index is 2.04. The predicted molar refractivity (Wildman–Crippen MR) is 108 cm³/mol. The zero-order chi connectivity index (χ0) is 18.1. The van der Waals surface area contributed by atoms with Crippen LogP contribution in [0.15, 0.2) is 78.9 Å². The van der Waals surface area contributed by atoms with Crippen molar-refractivity contribution in [3.05, 3.63) is 89.4 Å². The molecule has 1 aromatic heterocycles. The molecule has 0 aliphatic rings. The predicted octanol–water partition coefficient (Wildman–Crippen LogP) is 6.42. The van der Waals surface area contributed by atoms with E-state index in [1.54, 1.807) is 6.92 Å². The van der Waals surface area contributed by atoms with Crippen LogP contribution in [0.1, 0.15) is 17.3 Å². The molecule has 3 heteroatoms. The molecule has 0 unspecified atom stereocenters. The summed E-state index contributed by atoms with van der Waals surface area (Å²) in [5.74, 6) is 0.0258. The Morgan fingerprint density at radius 2 is 1.58 bits per heavy atom. The fraction of sp³-hybridized carbons (Fsp3) is 0.0435. The Hall–Kier alpha value is -2.97. The molecule has 0 atom stereocenters. The average molecular weight is 358 g/mol. The fourth-order valence-corrected chi connectivity index (χ4v) is 3.28. The quantitative estimate of drug-likeness (QED) is 0.396. The number of ketones is 1. The molecular formula is C23H16ClNO. The van der Waals surface area contributed by atoms with Gasteiger partial charge in [-0.1, -0.05) is 72.3 Å². The molecule has 0 aliphatic carbocycles. The lowest BCUT2D eigenvalue weighted by Gasteiger charge is -2.12. The molecule has 0 saturated carbocycles. The lowest BCUT2D eigenvalue weighted by Crippen LogP contribution is -1.98. The number of nitrogens with zero attached hydrogens (tertiary/aromatic N) is 1. The van der Waals surface area contributed by atoms with Gasteiger partial charge in [-0.3, -0.25) is 4.79 Å². The third-order valence-corrected chi connectivity index (χ3v) is 4.70. The van der Waals surface area contributed by atoms with Gasteiger partial charge < -0.3 is 0 Å². The fourth-order valence-electron chi connectivity index (χ4n) is 3.16. The lowest BCUT2D eigenvalue weighted by molar-refractivity contribution is 0.101. The molecule has 0 N–H and O–H groups in total. The van der Waals surface area contributed by atoms with Crippen molar-refractivity contribution >= 4 is 28.3 Å². The summed E-state index contributed by atoms with van der Waals surface area (Å²) in [6, 6.07) is 25.4. The Labute approximate surface area is 157 Å². The topological polar surface area (TPSA) is 30.0 Å². The number of halogens is 1. The van der Waals surface area contributed by atoms with Gasteiger partial charge >= 0.3 is 0 Å². The molecule has 0 saturated heterocycles. The third-order valence-electron chi connectivity index (χ3n) is 4.44. The van der Waals surface area contributed by atoms with Gasteiger partial charge in [0.05, 0.1) is 11.2 Å². The van der Waals surface area contributed by atoms with Crippen LogP contribution in [0.4, 0.5) is 0 Å². The highest BCUT2D eigenvalue weighted by Gasteiger charge is 2.14. The first kappa shape index (κ1) is 16.5. The number of carbonyl (C=O) groups excluding carboxylic acids is 1. The van der Waals surface area contributed by atoms with Gasteiger partial charge in [0.15, 0.2) is 5.78 Å². The van der Waals surface area contributed by atoms with Crippen molar-refractivity contribution in [1.29, 1.82) is 0 Å². The average Bonchev–Trinajstić information content (AvgIpc) is 2.68. The van der Waals surface area contributed by atoms with Crippen LogP contribution in [0.25, 0.3) is 33.3 Å². The normalized spacial score (nSPS) is 10.8. The standard InChI is InChI=1S/C23H16ClNO/c1-15(26)21-14-22(17-10-12-18(24)13-11-17)25-23-19(8-5-9-20(21)23)16-6-3-2-4-7-16/h2-14H,1H3. The molecule has 4 aromatic rings. The van der Waals surface area contributed by atoms with E-state index in [-0.39, 0.29) is 5.78 Å². The molecule has 0 radical (unpaired) electrons. The van der Waals surface area contributed by atoms with Crippen molar-refractivity contribution in [2.75, 3.05) is 0 Å². The van der Waals surface area contributed by atoms with Crippen molar-refractivity contribution in [2.45, 2.75) is 6.92 Å². The molecule has 4 rings (SSSR count). The monoisotopic (exact) mass is 357 g/mol.